The van der Waals surface area contributed by atoms with Crippen molar-refractivity contribution in [3.05, 3.63) is 83.9 Å². The van der Waals surface area contributed by atoms with Gasteiger partial charge in [-0.2, -0.15) is 0 Å². The lowest BCUT2D eigenvalue weighted by Gasteiger charge is -2.63. The zero-order valence-corrected chi connectivity index (χ0v) is 20.7. The molecule has 2 aromatic rings. The first-order chi connectivity index (χ1) is 16.3. The van der Waals surface area contributed by atoms with E-state index >= 15 is 0 Å². The lowest BCUT2D eigenvalue weighted by atomic mass is 9.62. The smallest absolute Gasteiger partial charge is 0.287 e. The predicted molar refractivity (Wildman–Crippen MR) is 125 cm³/mol. The molecule has 0 saturated heterocycles. The van der Waals surface area contributed by atoms with E-state index < -0.39 is 28.6 Å². The fourth-order valence-corrected chi connectivity index (χ4v) is 5.36. The third-order valence-corrected chi connectivity index (χ3v) is 6.92. The highest BCUT2D eigenvalue weighted by atomic mass is 16.8. The van der Waals surface area contributed by atoms with Crippen LogP contribution in [0.15, 0.2) is 72.8 Å². The van der Waals surface area contributed by atoms with Gasteiger partial charge in [0, 0.05) is 49.8 Å². The van der Waals surface area contributed by atoms with E-state index in [0.29, 0.717) is 11.1 Å². The minimum Gasteiger partial charge on any atom is -0.377 e. The van der Waals surface area contributed by atoms with Gasteiger partial charge in [0.05, 0.1) is 0 Å². The topological polar surface area (TPSA) is 84.8 Å². The predicted octanol–water partition coefficient (Wildman–Crippen LogP) is 2.84. The number of benzene rings is 2. The molecule has 1 aliphatic carbocycles. The molecule has 1 unspecified atom stereocenters. The largest absolute Gasteiger partial charge is 0.377 e. The van der Waals surface area contributed by atoms with E-state index in [1.54, 1.807) is 36.4 Å². The quantitative estimate of drug-likeness (QED) is 0.416. The molecular formula is C26H34O8. The van der Waals surface area contributed by atoms with Crippen molar-refractivity contribution in [3.63, 3.8) is 0 Å². The second-order valence-corrected chi connectivity index (χ2v) is 7.84. The van der Waals surface area contributed by atoms with Gasteiger partial charge >= 0.3 is 0 Å². The summed E-state index contributed by atoms with van der Waals surface area (Å²) in [6.07, 6.45) is 3.19. The van der Waals surface area contributed by atoms with Crippen LogP contribution in [0.1, 0.15) is 11.1 Å². The fourth-order valence-electron chi connectivity index (χ4n) is 5.36. The van der Waals surface area contributed by atoms with Crippen molar-refractivity contribution in [2.24, 2.45) is 0 Å². The molecule has 3 rings (SSSR count). The van der Waals surface area contributed by atoms with E-state index in [0.717, 1.165) is 0 Å². The van der Waals surface area contributed by atoms with E-state index in [9.17, 15) is 5.11 Å². The molecule has 1 atom stereocenters. The summed E-state index contributed by atoms with van der Waals surface area (Å²) in [4.78, 5) is 0. The summed E-state index contributed by atoms with van der Waals surface area (Å²) in [6, 6.07) is 18.2. The van der Waals surface area contributed by atoms with Crippen molar-refractivity contribution in [3.8, 4) is 0 Å². The molecule has 0 bridgehead atoms. The van der Waals surface area contributed by atoms with E-state index in [1.165, 1.54) is 49.8 Å². The molecule has 8 nitrogen and oxygen atoms in total. The zero-order chi connectivity index (χ0) is 25.1. The summed E-state index contributed by atoms with van der Waals surface area (Å²) in [6.45, 7) is 0. The van der Waals surface area contributed by atoms with Crippen LogP contribution in [0.5, 0.6) is 0 Å². The van der Waals surface area contributed by atoms with Gasteiger partial charge in [0.2, 0.25) is 5.79 Å². The maximum atomic E-state index is 12.8. The molecule has 8 heteroatoms. The van der Waals surface area contributed by atoms with E-state index in [4.69, 9.17) is 33.2 Å². The van der Waals surface area contributed by atoms with Crippen LogP contribution in [-0.2, 0) is 38.8 Å². The Balaban J connectivity index is 2.56. The molecule has 34 heavy (non-hydrogen) atoms. The highest BCUT2D eigenvalue weighted by Crippen LogP contribution is 2.60. The maximum Gasteiger partial charge on any atom is 0.287 e. The number of methoxy groups -OCH3 is 7. The van der Waals surface area contributed by atoms with Gasteiger partial charge in [-0.05, 0) is 23.3 Å². The Morgan fingerprint density at radius 2 is 0.941 bits per heavy atom. The molecule has 0 aromatic heterocycles. The van der Waals surface area contributed by atoms with Crippen LogP contribution in [0.4, 0.5) is 0 Å². The summed E-state index contributed by atoms with van der Waals surface area (Å²) < 4.78 is 42.0. The summed E-state index contributed by atoms with van der Waals surface area (Å²) in [5.41, 5.74) is -2.62. The molecule has 1 N–H and O–H groups in total. The molecule has 186 valence electrons. The van der Waals surface area contributed by atoms with Crippen LogP contribution < -0.4 is 0 Å². The van der Waals surface area contributed by atoms with Gasteiger partial charge in [-0.15, -0.1) is 0 Å². The van der Waals surface area contributed by atoms with Crippen LogP contribution in [-0.4, -0.2) is 77.8 Å². The average molecular weight is 475 g/mol. The Morgan fingerprint density at radius 1 is 0.529 bits per heavy atom. The van der Waals surface area contributed by atoms with Crippen molar-refractivity contribution in [2.45, 2.75) is 28.6 Å². The highest BCUT2D eigenvalue weighted by Gasteiger charge is 2.82. The minimum atomic E-state index is -1.99. The number of hydrogen-bond donors (Lipinski definition) is 1. The second-order valence-electron chi connectivity index (χ2n) is 7.84. The van der Waals surface area contributed by atoms with Gasteiger partial charge in [0.15, 0.2) is 11.2 Å². The minimum absolute atomic E-state index is 0.523. The van der Waals surface area contributed by atoms with Crippen LogP contribution in [0.3, 0.4) is 0 Å². The SMILES string of the molecule is COC1(OC)C=CC(OC)(C(O)(c2ccccc2)c2ccccc2)C(OC)(OC)C1(OC)OC. The Kier molecular flexibility index (Phi) is 7.66. The first-order valence-electron chi connectivity index (χ1n) is 10.7. The average Bonchev–Trinajstić information content (AvgIpc) is 2.92. The van der Waals surface area contributed by atoms with E-state index in [-0.39, 0.29) is 0 Å². The van der Waals surface area contributed by atoms with Crippen molar-refractivity contribution in [1.82, 2.24) is 0 Å². The van der Waals surface area contributed by atoms with Crippen molar-refractivity contribution in [2.75, 3.05) is 49.8 Å². The van der Waals surface area contributed by atoms with Gasteiger partial charge in [-0.1, -0.05) is 60.7 Å². The Morgan fingerprint density at radius 3 is 1.26 bits per heavy atom. The van der Waals surface area contributed by atoms with Crippen LogP contribution in [0, 0.1) is 0 Å². The molecule has 0 heterocycles. The second kappa shape index (κ2) is 9.85. The first-order valence-corrected chi connectivity index (χ1v) is 10.7. The van der Waals surface area contributed by atoms with Gasteiger partial charge in [-0.25, -0.2) is 0 Å². The van der Waals surface area contributed by atoms with E-state index in [2.05, 4.69) is 0 Å². The molecule has 0 saturated carbocycles. The van der Waals surface area contributed by atoms with Gasteiger partial charge in [0.1, 0.15) is 0 Å². The van der Waals surface area contributed by atoms with Crippen LogP contribution >= 0.6 is 0 Å². The highest BCUT2D eigenvalue weighted by molar-refractivity contribution is 5.47. The van der Waals surface area contributed by atoms with Gasteiger partial charge in [0.25, 0.3) is 11.6 Å². The van der Waals surface area contributed by atoms with Crippen molar-refractivity contribution >= 4 is 0 Å². The molecule has 1 aliphatic rings. The zero-order valence-electron chi connectivity index (χ0n) is 20.7. The summed E-state index contributed by atoms with van der Waals surface area (Å²) in [5.74, 6) is -5.55. The molecule has 0 fully saturated rings. The third kappa shape index (κ3) is 3.08. The molecular weight excluding hydrogens is 440 g/mol. The summed E-state index contributed by atoms with van der Waals surface area (Å²) in [7, 11) is 9.98. The number of ether oxygens (including phenoxy) is 7. The summed E-state index contributed by atoms with van der Waals surface area (Å²) in [5, 5.41) is 12.8. The third-order valence-electron chi connectivity index (χ3n) is 6.92. The van der Waals surface area contributed by atoms with Crippen LogP contribution in [0.25, 0.3) is 0 Å². The monoisotopic (exact) mass is 474 g/mol. The van der Waals surface area contributed by atoms with Gasteiger partial charge < -0.3 is 38.3 Å². The Labute approximate surface area is 200 Å². The maximum absolute atomic E-state index is 12.8. The number of hydrogen-bond acceptors (Lipinski definition) is 8. The van der Waals surface area contributed by atoms with Gasteiger partial charge in [-0.3, -0.25) is 0 Å². The Hall–Kier alpha value is -2.14. The molecule has 0 spiro atoms. The molecule has 0 amide bonds. The van der Waals surface area contributed by atoms with Crippen molar-refractivity contribution < 1.29 is 38.3 Å². The Bertz CT molecular complexity index is 910. The molecule has 0 aliphatic heterocycles. The molecule has 2 aromatic carbocycles. The summed E-state index contributed by atoms with van der Waals surface area (Å²) >= 11 is 0. The lowest BCUT2D eigenvalue weighted by molar-refractivity contribution is -0.504. The number of rotatable bonds is 10. The normalized spacial score (nSPS) is 23.1. The van der Waals surface area contributed by atoms with Crippen molar-refractivity contribution in [1.29, 1.82) is 0 Å². The number of aliphatic hydroxyl groups is 1. The van der Waals surface area contributed by atoms with E-state index in [1.807, 2.05) is 36.4 Å². The fraction of sp³-hybridized carbons (Fsp3) is 0.462. The van der Waals surface area contributed by atoms with Crippen LogP contribution in [0.2, 0.25) is 0 Å². The lowest BCUT2D eigenvalue weighted by Crippen LogP contribution is -2.84. The standard InChI is InChI=1S/C26H34O8/c1-28-22(24(27,20-14-10-8-11-15-20)21-16-12-9-13-17-21)18-19-23(29-2,30-3)26(33-6,34-7)25(22,31-4)32-5/h8-19,27H,1-7H3. The molecule has 0 radical (unpaired) electrons. The first kappa shape index (κ1) is 26.5.